The van der Waals surface area contributed by atoms with Gasteiger partial charge in [-0.2, -0.15) is 18.3 Å². The van der Waals surface area contributed by atoms with E-state index in [-0.39, 0.29) is 5.15 Å². The first-order valence-electron chi connectivity index (χ1n) is 5.48. The van der Waals surface area contributed by atoms with Gasteiger partial charge in [-0.3, -0.25) is 0 Å². The third kappa shape index (κ3) is 2.59. The SMILES string of the molecule is COc1ccc(-n2nc(C(F)(F)F)c(CO)c2Cl)cc1. The maximum atomic E-state index is 12.8. The van der Waals surface area contributed by atoms with Crippen LogP contribution >= 0.6 is 11.6 Å². The molecule has 20 heavy (non-hydrogen) atoms. The molecular formula is C12H10ClF3N2O2. The highest BCUT2D eigenvalue weighted by atomic mass is 35.5. The van der Waals surface area contributed by atoms with Crippen LogP contribution in [0.4, 0.5) is 13.2 Å². The molecule has 8 heteroatoms. The van der Waals surface area contributed by atoms with Gasteiger partial charge in [-0.1, -0.05) is 11.6 Å². The summed E-state index contributed by atoms with van der Waals surface area (Å²) in [7, 11) is 1.47. The van der Waals surface area contributed by atoms with Gasteiger partial charge in [-0.25, -0.2) is 4.68 Å². The summed E-state index contributed by atoms with van der Waals surface area (Å²) in [5.41, 5.74) is -1.31. The summed E-state index contributed by atoms with van der Waals surface area (Å²) in [6.45, 7) is -0.843. The van der Waals surface area contributed by atoms with E-state index in [1.165, 1.54) is 19.2 Å². The van der Waals surface area contributed by atoms with E-state index in [1.54, 1.807) is 12.1 Å². The van der Waals surface area contributed by atoms with Gasteiger partial charge in [-0.15, -0.1) is 0 Å². The highest BCUT2D eigenvalue weighted by Crippen LogP contribution is 2.35. The molecule has 0 bridgehead atoms. The lowest BCUT2D eigenvalue weighted by Gasteiger charge is -2.05. The van der Waals surface area contributed by atoms with Gasteiger partial charge < -0.3 is 9.84 Å². The number of methoxy groups -OCH3 is 1. The Hall–Kier alpha value is -1.73. The summed E-state index contributed by atoms with van der Waals surface area (Å²) in [6, 6.07) is 6.16. The van der Waals surface area contributed by atoms with Crippen LogP contribution in [0.5, 0.6) is 5.75 Å². The summed E-state index contributed by atoms with van der Waals surface area (Å²) < 4.78 is 44.3. The normalized spacial score (nSPS) is 11.7. The van der Waals surface area contributed by atoms with Crippen molar-refractivity contribution in [3.8, 4) is 11.4 Å². The number of alkyl halides is 3. The number of hydrogen-bond acceptors (Lipinski definition) is 3. The van der Waals surface area contributed by atoms with E-state index in [2.05, 4.69) is 5.10 Å². The molecule has 0 unspecified atom stereocenters. The fourth-order valence-electron chi connectivity index (χ4n) is 1.69. The number of halogens is 4. The average Bonchev–Trinajstić information content (AvgIpc) is 2.76. The average molecular weight is 307 g/mol. The molecule has 0 fully saturated rings. The van der Waals surface area contributed by atoms with Crippen LogP contribution in [-0.2, 0) is 12.8 Å². The van der Waals surface area contributed by atoms with E-state index in [1.807, 2.05) is 0 Å². The lowest BCUT2D eigenvalue weighted by atomic mass is 10.2. The standard InChI is InChI=1S/C12H10ClF3N2O2/c1-20-8-4-2-7(3-5-8)18-11(13)9(6-19)10(17-18)12(14,15)16/h2-5,19H,6H2,1H3. The van der Waals surface area contributed by atoms with Crippen LogP contribution in [0.3, 0.4) is 0 Å². The first-order chi connectivity index (χ1) is 9.38. The van der Waals surface area contributed by atoms with Gasteiger partial charge in [0.15, 0.2) is 5.69 Å². The Morgan fingerprint density at radius 3 is 2.30 bits per heavy atom. The van der Waals surface area contributed by atoms with Gasteiger partial charge in [0, 0.05) is 5.56 Å². The Morgan fingerprint density at radius 1 is 1.30 bits per heavy atom. The van der Waals surface area contributed by atoms with Crippen molar-refractivity contribution in [1.29, 1.82) is 0 Å². The van der Waals surface area contributed by atoms with Crippen LogP contribution in [0.1, 0.15) is 11.3 Å². The second kappa shape index (κ2) is 5.34. The lowest BCUT2D eigenvalue weighted by Crippen LogP contribution is -2.09. The third-order valence-electron chi connectivity index (χ3n) is 2.66. The molecule has 0 amide bonds. The predicted octanol–water partition coefficient (Wildman–Crippen LogP) is 3.05. The summed E-state index contributed by atoms with van der Waals surface area (Å²) in [6.07, 6.45) is -4.68. The van der Waals surface area contributed by atoms with E-state index >= 15 is 0 Å². The zero-order valence-corrected chi connectivity index (χ0v) is 11.0. The minimum Gasteiger partial charge on any atom is -0.497 e. The first kappa shape index (κ1) is 14.7. The van der Waals surface area contributed by atoms with Crippen molar-refractivity contribution in [3.05, 3.63) is 40.7 Å². The van der Waals surface area contributed by atoms with E-state index in [9.17, 15) is 13.2 Å². The molecule has 0 aliphatic rings. The van der Waals surface area contributed by atoms with Gasteiger partial charge in [0.25, 0.3) is 0 Å². The molecule has 0 atom stereocenters. The number of aromatic nitrogens is 2. The molecule has 1 N–H and O–H groups in total. The van der Waals surface area contributed by atoms with Crippen molar-refractivity contribution >= 4 is 11.6 Å². The summed E-state index contributed by atoms with van der Waals surface area (Å²) >= 11 is 5.85. The van der Waals surface area contributed by atoms with Gasteiger partial charge in [0.05, 0.1) is 19.4 Å². The molecule has 2 aromatic rings. The molecule has 1 heterocycles. The first-order valence-corrected chi connectivity index (χ1v) is 5.86. The summed E-state index contributed by atoms with van der Waals surface area (Å²) in [5, 5.41) is 12.2. The Morgan fingerprint density at radius 2 is 1.90 bits per heavy atom. The molecule has 0 radical (unpaired) electrons. The van der Waals surface area contributed by atoms with Crippen molar-refractivity contribution in [2.75, 3.05) is 7.11 Å². The van der Waals surface area contributed by atoms with Crippen molar-refractivity contribution in [1.82, 2.24) is 9.78 Å². The summed E-state index contributed by atoms with van der Waals surface area (Å²) in [4.78, 5) is 0. The Labute approximate surface area is 117 Å². The molecule has 0 aliphatic heterocycles. The van der Waals surface area contributed by atoms with Crippen molar-refractivity contribution in [3.63, 3.8) is 0 Å². The van der Waals surface area contributed by atoms with E-state index < -0.39 is 24.0 Å². The van der Waals surface area contributed by atoms with Crippen LogP contribution in [0, 0.1) is 0 Å². The number of ether oxygens (including phenoxy) is 1. The number of aliphatic hydroxyl groups is 1. The molecule has 2 rings (SSSR count). The van der Waals surface area contributed by atoms with E-state index in [0.29, 0.717) is 11.4 Å². The molecule has 4 nitrogen and oxygen atoms in total. The highest BCUT2D eigenvalue weighted by molar-refractivity contribution is 6.30. The van der Waals surface area contributed by atoms with Crippen molar-refractivity contribution < 1.29 is 23.0 Å². The second-order valence-electron chi connectivity index (χ2n) is 3.88. The number of benzene rings is 1. The molecule has 0 saturated carbocycles. The van der Waals surface area contributed by atoms with Gasteiger partial charge >= 0.3 is 6.18 Å². The van der Waals surface area contributed by atoms with Gasteiger partial charge in [0.1, 0.15) is 10.9 Å². The van der Waals surface area contributed by atoms with E-state index in [0.717, 1.165) is 4.68 Å². The van der Waals surface area contributed by atoms with Gasteiger partial charge in [0.2, 0.25) is 0 Å². The van der Waals surface area contributed by atoms with Crippen LogP contribution in [0.15, 0.2) is 24.3 Å². The number of nitrogens with zero attached hydrogens (tertiary/aromatic N) is 2. The Kier molecular flexibility index (Phi) is 3.92. The zero-order valence-electron chi connectivity index (χ0n) is 10.3. The molecule has 0 spiro atoms. The topological polar surface area (TPSA) is 47.3 Å². The molecule has 108 valence electrons. The van der Waals surface area contributed by atoms with Crippen molar-refractivity contribution in [2.24, 2.45) is 0 Å². The number of rotatable bonds is 3. The monoisotopic (exact) mass is 306 g/mol. The molecular weight excluding hydrogens is 297 g/mol. The smallest absolute Gasteiger partial charge is 0.435 e. The molecule has 1 aromatic carbocycles. The third-order valence-corrected chi connectivity index (χ3v) is 3.05. The highest BCUT2D eigenvalue weighted by Gasteiger charge is 2.39. The maximum Gasteiger partial charge on any atom is 0.435 e. The van der Waals surface area contributed by atoms with Crippen LogP contribution in [0.25, 0.3) is 5.69 Å². The fraction of sp³-hybridized carbons (Fsp3) is 0.250. The van der Waals surface area contributed by atoms with Crippen LogP contribution in [0.2, 0.25) is 5.15 Å². The summed E-state index contributed by atoms with van der Waals surface area (Å²) in [5.74, 6) is 0.551. The lowest BCUT2D eigenvalue weighted by molar-refractivity contribution is -0.142. The fourth-order valence-corrected chi connectivity index (χ4v) is 1.98. The Balaban J connectivity index is 2.54. The number of hydrogen-bond donors (Lipinski definition) is 1. The Bertz CT molecular complexity index is 608. The maximum absolute atomic E-state index is 12.8. The van der Waals surface area contributed by atoms with Crippen LogP contribution in [-0.4, -0.2) is 22.0 Å². The van der Waals surface area contributed by atoms with Crippen LogP contribution < -0.4 is 4.74 Å². The second-order valence-corrected chi connectivity index (χ2v) is 4.24. The minimum absolute atomic E-state index is 0.273. The molecule has 0 aliphatic carbocycles. The van der Waals surface area contributed by atoms with E-state index in [4.69, 9.17) is 21.4 Å². The molecule has 1 aromatic heterocycles. The quantitative estimate of drug-likeness (QED) is 0.948. The zero-order chi connectivity index (χ0) is 14.9. The minimum atomic E-state index is -4.68. The van der Waals surface area contributed by atoms with Crippen molar-refractivity contribution in [2.45, 2.75) is 12.8 Å². The predicted molar refractivity (Wildman–Crippen MR) is 66.1 cm³/mol. The largest absolute Gasteiger partial charge is 0.497 e. The van der Waals surface area contributed by atoms with Gasteiger partial charge in [-0.05, 0) is 24.3 Å². The number of aliphatic hydroxyl groups excluding tert-OH is 1. The molecule has 0 saturated heterocycles.